The topological polar surface area (TPSA) is 101 Å². The van der Waals surface area contributed by atoms with Crippen LogP contribution in [0.3, 0.4) is 0 Å². The highest BCUT2D eigenvalue weighted by molar-refractivity contribution is 7.91. The van der Waals surface area contributed by atoms with E-state index in [1.165, 1.54) is 11.0 Å². The van der Waals surface area contributed by atoms with Gasteiger partial charge in [-0.3, -0.25) is 9.69 Å². The van der Waals surface area contributed by atoms with E-state index < -0.39 is 9.84 Å². The van der Waals surface area contributed by atoms with Crippen LogP contribution in [0.1, 0.15) is 20.3 Å². The first kappa shape index (κ1) is 17.3. The molecule has 0 radical (unpaired) electrons. The van der Waals surface area contributed by atoms with E-state index in [-0.39, 0.29) is 35.9 Å². The van der Waals surface area contributed by atoms with Crippen molar-refractivity contribution >= 4 is 15.7 Å². The third-order valence-corrected chi connectivity index (χ3v) is 6.36. The second-order valence-electron chi connectivity index (χ2n) is 7.01. The van der Waals surface area contributed by atoms with Crippen molar-refractivity contribution in [1.82, 2.24) is 30.0 Å². The van der Waals surface area contributed by atoms with Crippen LogP contribution < -0.4 is 0 Å². The molecule has 0 aliphatic carbocycles. The number of hydrogen-bond acceptors (Lipinski definition) is 7. The maximum Gasteiger partial charge on any atom is 0.224 e. The fraction of sp³-hybridized carbons (Fsp3) is 0.857. The number of hydrogen-bond donors (Lipinski definition) is 0. The van der Waals surface area contributed by atoms with Gasteiger partial charge in [0.15, 0.2) is 9.84 Å². The van der Waals surface area contributed by atoms with Crippen molar-refractivity contribution in [3.05, 3.63) is 6.33 Å². The molecule has 0 saturated carbocycles. The standard InChI is InChI=1S/C14H24N6O3S/c1-11(2)7-18-5-6-20(13-9-24(22,23)8-12(13)18)14(21)3-4-19-10-15-16-17-19/h10-13H,3-9H2,1-2H3/t12-,13+/m0/s1. The number of aryl methyl sites for hydroxylation is 1. The lowest BCUT2D eigenvalue weighted by Gasteiger charge is -2.44. The van der Waals surface area contributed by atoms with Gasteiger partial charge in [-0.1, -0.05) is 13.8 Å². The van der Waals surface area contributed by atoms with E-state index >= 15 is 0 Å². The van der Waals surface area contributed by atoms with Crippen molar-refractivity contribution in [3.63, 3.8) is 0 Å². The van der Waals surface area contributed by atoms with Gasteiger partial charge in [-0.15, -0.1) is 5.10 Å². The van der Waals surface area contributed by atoms with E-state index in [2.05, 4.69) is 34.3 Å². The number of piperazine rings is 1. The smallest absolute Gasteiger partial charge is 0.224 e. The van der Waals surface area contributed by atoms with E-state index in [1.54, 1.807) is 4.90 Å². The van der Waals surface area contributed by atoms with E-state index in [1.807, 2.05) is 0 Å². The molecule has 134 valence electrons. The Labute approximate surface area is 141 Å². The number of sulfone groups is 1. The van der Waals surface area contributed by atoms with Crippen LogP contribution in [-0.4, -0.2) is 87.6 Å². The number of carbonyl (C=O) groups excluding carboxylic acids is 1. The van der Waals surface area contributed by atoms with Crippen LogP contribution >= 0.6 is 0 Å². The van der Waals surface area contributed by atoms with Gasteiger partial charge in [0.2, 0.25) is 5.91 Å². The maximum atomic E-state index is 12.6. The third kappa shape index (κ3) is 3.75. The fourth-order valence-electron chi connectivity index (χ4n) is 3.67. The second kappa shape index (κ2) is 6.75. The molecule has 1 amide bonds. The lowest BCUT2D eigenvalue weighted by molar-refractivity contribution is -0.137. The monoisotopic (exact) mass is 356 g/mol. The van der Waals surface area contributed by atoms with Crippen LogP contribution in [0.5, 0.6) is 0 Å². The van der Waals surface area contributed by atoms with Gasteiger partial charge in [0, 0.05) is 32.1 Å². The number of nitrogens with zero attached hydrogens (tertiary/aromatic N) is 6. The third-order valence-electron chi connectivity index (χ3n) is 4.66. The van der Waals surface area contributed by atoms with Crippen LogP contribution in [0.25, 0.3) is 0 Å². The normalized spacial score (nSPS) is 26.7. The largest absolute Gasteiger partial charge is 0.336 e. The average Bonchev–Trinajstić information content (AvgIpc) is 3.11. The Kier molecular flexibility index (Phi) is 4.86. The molecular weight excluding hydrogens is 332 g/mol. The summed E-state index contributed by atoms with van der Waals surface area (Å²) in [5.74, 6) is 0.669. The Balaban J connectivity index is 1.69. The van der Waals surface area contributed by atoms with Gasteiger partial charge in [0.05, 0.1) is 24.1 Å². The molecule has 0 unspecified atom stereocenters. The van der Waals surface area contributed by atoms with Gasteiger partial charge >= 0.3 is 0 Å². The van der Waals surface area contributed by atoms with Crippen molar-refractivity contribution in [2.45, 2.75) is 38.9 Å². The zero-order valence-electron chi connectivity index (χ0n) is 14.1. The number of fused-ring (bicyclic) bond motifs is 1. The summed E-state index contributed by atoms with van der Waals surface area (Å²) in [6.45, 7) is 6.83. The predicted octanol–water partition coefficient (Wildman–Crippen LogP) is -0.971. The van der Waals surface area contributed by atoms with Gasteiger partial charge in [-0.2, -0.15) is 0 Å². The maximum absolute atomic E-state index is 12.6. The van der Waals surface area contributed by atoms with Crippen molar-refractivity contribution in [1.29, 1.82) is 0 Å². The molecule has 0 spiro atoms. The highest BCUT2D eigenvalue weighted by Crippen LogP contribution is 2.28. The Morgan fingerprint density at radius 1 is 1.25 bits per heavy atom. The Morgan fingerprint density at radius 2 is 2.00 bits per heavy atom. The molecule has 1 aromatic rings. The number of rotatable bonds is 5. The van der Waals surface area contributed by atoms with Gasteiger partial charge < -0.3 is 4.90 Å². The summed E-state index contributed by atoms with van der Waals surface area (Å²) in [7, 11) is -3.10. The van der Waals surface area contributed by atoms with Gasteiger partial charge in [-0.25, -0.2) is 13.1 Å². The predicted molar refractivity (Wildman–Crippen MR) is 86.8 cm³/mol. The minimum Gasteiger partial charge on any atom is -0.336 e. The number of aromatic nitrogens is 4. The second-order valence-corrected chi connectivity index (χ2v) is 9.16. The van der Waals surface area contributed by atoms with Crippen LogP contribution in [0.15, 0.2) is 6.33 Å². The van der Waals surface area contributed by atoms with Crippen molar-refractivity contribution < 1.29 is 13.2 Å². The number of tetrazole rings is 1. The van der Waals surface area contributed by atoms with E-state index in [0.717, 1.165) is 13.1 Å². The summed E-state index contributed by atoms with van der Waals surface area (Å²) < 4.78 is 25.8. The molecule has 1 aromatic heterocycles. The summed E-state index contributed by atoms with van der Waals surface area (Å²) in [6, 6.07) is -0.313. The van der Waals surface area contributed by atoms with Crippen molar-refractivity contribution in [2.75, 3.05) is 31.1 Å². The molecule has 3 heterocycles. The minimum absolute atomic E-state index is 0.0261. The lowest BCUT2D eigenvalue weighted by Crippen LogP contribution is -2.61. The summed E-state index contributed by atoms with van der Waals surface area (Å²) in [5, 5.41) is 10.8. The molecule has 2 aliphatic rings. The summed E-state index contributed by atoms with van der Waals surface area (Å²) in [5.41, 5.74) is 0. The number of amides is 1. The van der Waals surface area contributed by atoms with Crippen LogP contribution in [0.2, 0.25) is 0 Å². The van der Waals surface area contributed by atoms with Gasteiger partial charge in [0.25, 0.3) is 0 Å². The van der Waals surface area contributed by atoms with Crippen LogP contribution in [0, 0.1) is 5.92 Å². The molecule has 0 aromatic carbocycles. The Bertz CT molecular complexity index is 675. The molecule has 2 atom stereocenters. The van der Waals surface area contributed by atoms with Crippen LogP contribution in [0.4, 0.5) is 0 Å². The summed E-state index contributed by atoms with van der Waals surface area (Å²) >= 11 is 0. The molecule has 0 bridgehead atoms. The van der Waals surface area contributed by atoms with Gasteiger partial charge in [0.1, 0.15) is 6.33 Å². The van der Waals surface area contributed by atoms with Gasteiger partial charge in [-0.05, 0) is 16.3 Å². The molecule has 9 nitrogen and oxygen atoms in total. The molecule has 10 heteroatoms. The SMILES string of the molecule is CC(C)CN1CCN(C(=O)CCn2cnnn2)[C@@H]2CS(=O)(=O)C[C@@H]21. The van der Waals surface area contributed by atoms with Crippen molar-refractivity contribution in [3.8, 4) is 0 Å². The molecule has 2 aliphatic heterocycles. The Morgan fingerprint density at radius 3 is 2.67 bits per heavy atom. The highest BCUT2D eigenvalue weighted by atomic mass is 32.2. The highest BCUT2D eigenvalue weighted by Gasteiger charge is 2.47. The molecule has 24 heavy (non-hydrogen) atoms. The summed E-state index contributed by atoms with van der Waals surface area (Å²) in [4.78, 5) is 16.6. The van der Waals surface area contributed by atoms with E-state index in [9.17, 15) is 13.2 Å². The Hall–Kier alpha value is -1.55. The van der Waals surface area contributed by atoms with E-state index in [0.29, 0.717) is 19.0 Å². The quantitative estimate of drug-likeness (QED) is 0.669. The molecule has 2 fully saturated rings. The first-order valence-electron chi connectivity index (χ1n) is 8.30. The first-order chi connectivity index (χ1) is 11.4. The van der Waals surface area contributed by atoms with E-state index in [4.69, 9.17) is 0 Å². The van der Waals surface area contributed by atoms with Crippen LogP contribution in [-0.2, 0) is 21.2 Å². The zero-order valence-corrected chi connectivity index (χ0v) is 14.9. The summed E-state index contributed by atoms with van der Waals surface area (Å²) in [6.07, 6.45) is 1.75. The zero-order chi connectivity index (χ0) is 17.3. The average molecular weight is 356 g/mol. The van der Waals surface area contributed by atoms with Crippen molar-refractivity contribution in [2.24, 2.45) is 5.92 Å². The number of carbonyl (C=O) groups is 1. The molecule has 3 rings (SSSR count). The fourth-order valence-corrected chi connectivity index (χ4v) is 5.68. The molecule has 0 N–H and O–H groups in total. The molecular formula is C14H24N6O3S. The molecule has 2 saturated heterocycles. The minimum atomic E-state index is -3.10. The lowest BCUT2D eigenvalue weighted by atomic mass is 10.0. The first-order valence-corrected chi connectivity index (χ1v) is 10.1.